The van der Waals surface area contributed by atoms with E-state index in [9.17, 15) is 4.79 Å². The van der Waals surface area contributed by atoms with Crippen molar-refractivity contribution < 1.29 is 9.53 Å². The first-order chi connectivity index (χ1) is 9.11. The third-order valence-electron chi connectivity index (χ3n) is 2.19. The van der Waals surface area contributed by atoms with Crippen LogP contribution in [0.1, 0.15) is 12.5 Å². The molecule has 3 heteroatoms. The van der Waals surface area contributed by atoms with Gasteiger partial charge in [-0.2, -0.15) is 0 Å². The van der Waals surface area contributed by atoms with Crippen molar-refractivity contribution in [3.05, 3.63) is 60.2 Å². The van der Waals surface area contributed by atoms with Gasteiger partial charge in [-0.15, -0.1) is 0 Å². The van der Waals surface area contributed by atoms with Gasteiger partial charge in [0.15, 0.2) is 0 Å². The zero-order valence-electron chi connectivity index (χ0n) is 11.4. The molecule has 0 aliphatic heterocycles. The molecule has 0 spiro atoms. The Morgan fingerprint density at radius 1 is 1.21 bits per heavy atom. The predicted octanol–water partition coefficient (Wildman–Crippen LogP) is 3.25. The zero-order valence-corrected chi connectivity index (χ0v) is 11.4. The molecule has 98 valence electrons. The summed E-state index contributed by atoms with van der Waals surface area (Å²) in [6, 6.07) is 18.7. The van der Waals surface area contributed by atoms with Crippen LogP contribution in [0, 0.1) is 19.1 Å². The van der Waals surface area contributed by atoms with Gasteiger partial charge in [-0.25, -0.2) is 0 Å². The predicted molar refractivity (Wildman–Crippen MR) is 76.1 cm³/mol. The van der Waals surface area contributed by atoms with E-state index in [-0.39, 0.29) is 5.91 Å². The number of benzene rings is 2. The molecule has 0 bridgehead atoms. The number of hydrogen-bond acceptors (Lipinski definition) is 2. The average molecular weight is 255 g/mol. The second-order valence-corrected chi connectivity index (χ2v) is 3.88. The van der Waals surface area contributed by atoms with Gasteiger partial charge in [-0.1, -0.05) is 18.2 Å². The lowest BCUT2D eigenvalue weighted by atomic mass is 10.2. The molecule has 2 radical (unpaired) electrons. The Labute approximate surface area is 114 Å². The summed E-state index contributed by atoms with van der Waals surface area (Å²) in [7, 11) is 1.66. The van der Waals surface area contributed by atoms with Crippen LogP contribution in [0.5, 0.6) is 5.75 Å². The molecular formula is C16H17NO2. The largest absolute Gasteiger partial charge is 0.497 e. The van der Waals surface area contributed by atoms with E-state index >= 15 is 0 Å². The molecule has 1 amide bonds. The first-order valence-corrected chi connectivity index (χ1v) is 5.88. The fourth-order valence-corrected chi connectivity index (χ4v) is 1.36. The molecule has 2 rings (SSSR count). The van der Waals surface area contributed by atoms with Crippen LogP contribution < -0.4 is 10.1 Å². The Balaban J connectivity index is 0.000000191. The van der Waals surface area contributed by atoms with Crippen LogP contribution in [0.15, 0.2) is 42.5 Å². The maximum absolute atomic E-state index is 10.5. The van der Waals surface area contributed by atoms with Crippen LogP contribution in [-0.4, -0.2) is 13.0 Å². The van der Waals surface area contributed by atoms with E-state index < -0.39 is 0 Å². The fourth-order valence-electron chi connectivity index (χ4n) is 1.36. The Kier molecular flexibility index (Phi) is 6.16. The minimum atomic E-state index is -0.0498. The number of aryl methyl sites for hydroxylation is 1. The summed E-state index contributed by atoms with van der Waals surface area (Å²) < 4.78 is 4.97. The SMILES string of the molecule is CC(=O)Nc1cc[c]cc1.COc1cc[c]c(C)c1. The van der Waals surface area contributed by atoms with Crippen molar-refractivity contribution in [1.82, 2.24) is 0 Å². The van der Waals surface area contributed by atoms with Gasteiger partial charge >= 0.3 is 0 Å². The quantitative estimate of drug-likeness (QED) is 0.894. The Bertz CT molecular complexity index is 509. The second-order valence-electron chi connectivity index (χ2n) is 3.88. The van der Waals surface area contributed by atoms with Crippen molar-refractivity contribution in [2.75, 3.05) is 12.4 Å². The average Bonchev–Trinajstić information content (AvgIpc) is 2.40. The van der Waals surface area contributed by atoms with Crippen LogP contribution >= 0.6 is 0 Å². The van der Waals surface area contributed by atoms with Gasteiger partial charge in [0, 0.05) is 12.6 Å². The number of anilines is 1. The van der Waals surface area contributed by atoms with E-state index in [1.807, 2.05) is 25.1 Å². The molecular weight excluding hydrogens is 238 g/mol. The molecule has 1 N–H and O–H groups in total. The lowest BCUT2D eigenvalue weighted by Crippen LogP contribution is -2.04. The fraction of sp³-hybridized carbons (Fsp3) is 0.188. The molecule has 2 aromatic carbocycles. The van der Waals surface area contributed by atoms with Crippen LogP contribution in [0.25, 0.3) is 0 Å². The molecule has 0 fully saturated rings. The molecule has 0 aliphatic rings. The number of methoxy groups -OCH3 is 1. The molecule has 19 heavy (non-hydrogen) atoms. The topological polar surface area (TPSA) is 38.3 Å². The van der Waals surface area contributed by atoms with Crippen LogP contribution in [0.4, 0.5) is 5.69 Å². The minimum absolute atomic E-state index is 0.0498. The number of hydrogen-bond donors (Lipinski definition) is 1. The van der Waals surface area contributed by atoms with E-state index in [1.54, 1.807) is 31.4 Å². The summed E-state index contributed by atoms with van der Waals surface area (Å²) in [5, 5.41) is 2.65. The van der Waals surface area contributed by atoms with Crippen molar-refractivity contribution in [3.8, 4) is 5.75 Å². The van der Waals surface area contributed by atoms with Crippen molar-refractivity contribution in [2.24, 2.45) is 0 Å². The molecule has 0 saturated carbocycles. The summed E-state index contributed by atoms with van der Waals surface area (Å²) in [6.45, 7) is 3.47. The first kappa shape index (κ1) is 14.8. The van der Waals surface area contributed by atoms with Gasteiger partial charge in [0.05, 0.1) is 7.11 Å². The first-order valence-electron chi connectivity index (χ1n) is 5.88. The van der Waals surface area contributed by atoms with Gasteiger partial charge < -0.3 is 10.1 Å². The number of carbonyl (C=O) groups is 1. The molecule has 3 nitrogen and oxygen atoms in total. The molecule has 0 unspecified atom stereocenters. The van der Waals surface area contributed by atoms with E-state index in [2.05, 4.69) is 17.4 Å². The second kappa shape index (κ2) is 7.93. The summed E-state index contributed by atoms with van der Waals surface area (Å²) in [5.41, 5.74) is 1.92. The highest BCUT2D eigenvalue weighted by molar-refractivity contribution is 5.88. The van der Waals surface area contributed by atoms with Crippen molar-refractivity contribution >= 4 is 11.6 Å². The highest BCUT2D eigenvalue weighted by atomic mass is 16.5. The molecule has 0 aliphatic carbocycles. The van der Waals surface area contributed by atoms with Crippen LogP contribution in [0.2, 0.25) is 0 Å². The van der Waals surface area contributed by atoms with E-state index in [0.717, 1.165) is 17.0 Å². The smallest absolute Gasteiger partial charge is 0.221 e. The van der Waals surface area contributed by atoms with Gasteiger partial charge in [0.1, 0.15) is 5.75 Å². The van der Waals surface area contributed by atoms with E-state index in [0.29, 0.717) is 0 Å². The number of ether oxygens (including phenoxy) is 1. The highest BCUT2D eigenvalue weighted by Gasteiger charge is 1.90. The summed E-state index contributed by atoms with van der Waals surface area (Å²) in [5.74, 6) is 0.845. The minimum Gasteiger partial charge on any atom is -0.497 e. The van der Waals surface area contributed by atoms with Crippen LogP contribution in [0.3, 0.4) is 0 Å². The standard InChI is InChI=1S/C8H8NO.C8H9O/c1-7(10)9-8-5-3-2-4-6-8;1-7-4-3-5-8(6-7)9-2/h3-6H,1H3,(H,9,10);3,5-6H,1-2H3. The zero-order chi connectivity index (χ0) is 14.1. The van der Waals surface area contributed by atoms with Crippen molar-refractivity contribution in [2.45, 2.75) is 13.8 Å². The Hall–Kier alpha value is -2.29. The maximum atomic E-state index is 10.5. The third-order valence-corrected chi connectivity index (χ3v) is 2.19. The molecule has 0 aromatic heterocycles. The van der Waals surface area contributed by atoms with Gasteiger partial charge in [0.2, 0.25) is 5.91 Å². The highest BCUT2D eigenvalue weighted by Crippen LogP contribution is 2.09. The summed E-state index contributed by atoms with van der Waals surface area (Å²) in [4.78, 5) is 10.5. The number of amides is 1. The summed E-state index contributed by atoms with van der Waals surface area (Å²) in [6.07, 6.45) is 0. The normalized spacial score (nSPS) is 9.00. The molecule has 2 aromatic rings. The number of carbonyl (C=O) groups excluding carboxylic acids is 1. The van der Waals surface area contributed by atoms with E-state index in [1.165, 1.54) is 6.92 Å². The Morgan fingerprint density at radius 2 is 1.89 bits per heavy atom. The maximum Gasteiger partial charge on any atom is 0.221 e. The van der Waals surface area contributed by atoms with Gasteiger partial charge in [0.25, 0.3) is 0 Å². The van der Waals surface area contributed by atoms with Gasteiger partial charge in [-0.3, -0.25) is 4.79 Å². The number of rotatable bonds is 2. The molecule has 0 atom stereocenters. The van der Waals surface area contributed by atoms with E-state index in [4.69, 9.17) is 4.74 Å². The Morgan fingerprint density at radius 3 is 2.37 bits per heavy atom. The monoisotopic (exact) mass is 255 g/mol. The third kappa shape index (κ3) is 6.27. The molecule has 0 heterocycles. The summed E-state index contributed by atoms with van der Waals surface area (Å²) >= 11 is 0. The lowest BCUT2D eigenvalue weighted by molar-refractivity contribution is -0.114. The molecule has 0 saturated heterocycles. The lowest BCUT2D eigenvalue weighted by Gasteiger charge is -1.98. The van der Waals surface area contributed by atoms with Crippen LogP contribution in [-0.2, 0) is 4.79 Å². The number of nitrogens with one attached hydrogen (secondary N) is 1. The van der Waals surface area contributed by atoms with Crippen molar-refractivity contribution in [3.63, 3.8) is 0 Å². The van der Waals surface area contributed by atoms with Crippen molar-refractivity contribution in [1.29, 1.82) is 0 Å². The van der Waals surface area contributed by atoms with Gasteiger partial charge in [-0.05, 0) is 48.9 Å².